The monoisotopic (exact) mass is 334 g/mol. The van der Waals surface area contributed by atoms with Crippen molar-refractivity contribution in [3.63, 3.8) is 0 Å². The maximum absolute atomic E-state index is 12.0. The van der Waals surface area contributed by atoms with Crippen LogP contribution in [0.15, 0.2) is 23.3 Å². The molecule has 0 bridgehead atoms. The molecule has 4 nitrogen and oxygen atoms in total. The maximum Gasteiger partial charge on any atom is 0.303 e. The van der Waals surface area contributed by atoms with E-state index < -0.39 is 5.97 Å². The highest BCUT2D eigenvalue weighted by atomic mass is 16.4. The van der Waals surface area contributed by atoms with Crippen LogP contribution < -0.4 is 0 Å². The summed E-state index contributed by atoms with van der Waals surface area (Å²) >= 11 is 0. The Morgan fingerprint density at radius 2 is 1.83 bits per heavy atom. The minimum atomic E-state index is -0.775. The Morgan fingerprint density at radius 1 is 1.04 bits per heavy atom. The summed E-state index contributed by atoms with van der Waals surface area (Å²) in [6.45, 7) is 2.13. The summed E-state index contributed by atoms with van der Waals surface area (Å²) in [4.78, 5) is 34.3. The molecule has 0 unspecified atom stereocenters. The average Bonchev–Trinajstić information content (AvgIpc) is 2.89. The van der Waals surface area contributed by atoms with E-state index in [0.717, 1.165) is 49.7 Å². The molecule has 1 aliphatic carbocycles. The van der Waals surface area contributed by atoms with E-state index in [0.29, 0.717) is 37.9 Å². The lowest BCUT2D eigenvalue weighted by molar-refractivity contribution is -0.137. The average molecular weight is 334 g/mol. The van der Waals surface area contributed by atoms with E-state index in [1.54, 1.807) is 0 Å². The molecule has 134 valence electrons. The van der Waals surface area contributed by atoms with Gasteiger partial charge in [0.2, 0.25) is 0 Å². The summed E-state index contributed by atoms with van der Waals surface area (Å²) in [5, 5.41) is 8.58. The molecule has 0 aromatic heterocycles. The van der Waals surface area contributed by atoms with E-state index in [2.05, 4.69) is 6.92 Å². The van der Waals surface area contributed by atoms with Crippen molar-refractivity contribution < 1.29 is 19.5 Å². The normalized spacial score (nSPS) is 14.8. The van der Waals surface area contributed by atoms with Gasteiger partial charge in [0, 0.05) is 25.7 Å². The Morgan fingerprint density at radius 3 is 2.54 bits per heavy atom. The van der Waals surface area contributed by atoms with Gasteiger partial charge >= 0.3 is 5.97 Å². The zero-order chi connectivity index (χ0) is 17.8. The third-order valence-corrected chi connectivity index (χ3v) is 4.43. The molecular weight excluding hydrogens is 304 g/mol. The van der Waals surface area contributed by atoms with Crippen molar-refractivity contribution in [3.05, 3.63) is 23.3 Å². The number of carbonyl (C=O) groups is 3. The van der Waals surface area contributed by atoms with E-state index in [9.17, 15) is 14.4 Å². The highest BCUT2D eigenvalue weighted by Crippen LogP contribution is 2.29. The van der Waals surface area contributed by atoms with Gasteiger partial charge in [-0.2, -0.15) is 0 Å². The third kappa shape index (κ3) is 8.23. The van der Waals surface area contributed by atoms with Crippen LogP contribution in [0.1, 0.15) is 84.0 Å². The van der Waals surface area contributed by atoms with Crippen molar-refractivity contribution in [1.29, 1.82) is 0 Å². The minimum absolute atomic E-state index is 0.178. The van der Waals surface area contributed by atoms with E-state index in [4.69, 9.17) is 5.11 Å². The van der Waals surface area contributed by atoms with E-state index >= 15 is 0 Å². The van der Waals surface area contributed by atoms with Crippen molar-refractivity contribution in [2.45, 2.75) is 84.0 Å². The third-order valence-electron chi connectivity index (χ3n) is 4.43. The quantitative estimate of drug-likeness (QED) is 0.389. The second-order valence-electron chi connectivity index (χ2n) is 6.46. The molecule has 0 saturated heterocycles. The van der Waals surface area contributed by atoms with Crippen molar-refractivity contribution >= 4 is 17.5 Å². The fraction of sp³-hybridized carbons (Fsp3) is 0.650. The first-order valence-corrected chi connectivity index (χ1v) is 9.17. The van der Waals surface area contributed by atoms with Crippen LogP contribution in [0.25, 0.3) is 0 Å². The lowest BCUT2D eigenvalue weighted by Gasteiger charge is -2.05. The standard InChI is InChI=1S/C20H30O4/c1-2-3-6-9-17(21)14-12-16-13-15-19(22)18(16)10-7-4-5-8-11-20(23)24/h4,7H,2-3,5-6,8-15H2,1H3,(H,23,24). The van der Waals surface area contributed by atoms with Crippen molar-refractivity contribution in [1.82, 2.24) is 0 Å². The zero-order valence-corrected chi connectivity index (χ0v) is 14.8. The molecule has 4 heteroatoms. The van der Waals surface area contributed by atoms with Gasteiger partial charge in [0.25, 0.3) is 0 Å². The van der Waals surface area contributed by atoms with Gasteiger partial charge in [0.05, 0.1) is 0 Å². The summed E-state index contributed by atoms with van der Waals surface area (Å²) in [7, 11) is 0. The number of carboxylic acid groups (broad SMARTS) is 1. The number of rotatable bonds is 13. The Hall–Kier alpha value is -1.71. The van der Waals surface area contributed by atoms with Crippen LogP contribution in [0.3, 0.4) is 0 Å². The first kappa shape index (κ1) is 20.3. The number of hydrogen-bond donors (Lipinski definition) is 1. The van der Waals surface area contributed by atoms with Gasteiger partial charge in [0.1, 0.15) is 5.78 Å². The lowest BCUT2D eigenvalue weighted by atomic mass is 9.99. The van der Waals surface area contributed by atoms with Gasteiger partial charge in [-0.25, -0.2) is 0 Å². The van der Waals surface area contributed by atoms with Crippen LogP contribution in [0.2, 0.25) is 0 Å². The van der Waals surface area contributed by atoms with Crippen molar-refractivity contribution in [2.75, 3.05) is 0 Å². The highest BCUT2D eigenvalue weighted by Gasteiger charge is 2.21. The molecule has 24 heavy (non-hydrogen) atoms. The SMILES string of the molecule is CCCCCC(=O)CCC1=C(CC=CCCCC(=O)O)C(=O)CC1. The molecule has 0 radical (unpaired) electrons. The van der Waals surface area contributed by atoms with E-state index in [1.807, 2.05) is 12.2 Å². The molecule has 1 aliphatic rings. The topological polar surface area (TPSA) is 71.4 Å². The van der Waals surface area contributed by atoms with Gasteiger partial charge in [-0.3, -0.25) is 14.4 Å². The second kappa shape index (κ2) is 11.8. The Balaban J connectivity index is 2.39. The number of hydrogen-bond acceptors (Lipinski definition) is 3. The summed E-state index contributed by atoms with van der Waals surface area (Å²) < 4.78 is 0. The number of Topliss-reactive ketones (excluding diaryl/α,β-unsaturated/α-hetero) is 2. The second-order valence-corrected chi connectivity index (χ2v) is 6.46. The van der Waals surface area contributed by atoms with E-state index in [1.165, 1.54) is 0 Å². The molecule has 1 rings (SSSR count). The molecule has 0 spiro atoms. The van der Waals surface area contributed by atoms with Crippen LogP contribution in [-0.4, -0.2) is 22.6 Å². The fourth-order valence-electron chi connectivity index (χ4n) is 2.98. The number of aliphatic carboxylic acids is 1. The molecule has 0 aliphatic heterocycles. The largest absolute Gasteiger partial charge is 0.481 e. The molecule has 0 aromatic carbocycles. The summed E-state index contributed by atoms with van der Waals surface area (Å²) in [5.74, 6) is -0.263. The fourth-order valence-corrected chi connectivity index (χ4v) is 2.98. The zero-order valence-electron chi connectivity index (χ0n) is 14.8. The van der Waals surface area contributed by atoms with Crippen LogP contribution in [-0.2, 0) is 14.4 Å². The smallest absolute Gasteiger partial charge is 0.303 e. The summed E-state index contributed by atoms with van der Waals surface area (Å²) in [6.07, 6.45) is 12.5. The first-order chi connectivity index (χ1) is 11.5. The van der Waals surface area contributed by atoms with Crippen LogP contribution in [0.5, 0.6) is 0 Å². The molecule has 0 amide bonds. The van der Waals surface area contributed by atoms with Crippen LogP contribution >= 0.6 is 0 Å². The summed E-state index contributed by atoms with van der Waals surface area (Å²) in [6, 6.07) is 0. The molecule has 0 aromatic rings. The van der Waals surface area contributed by atoms with E-state index in [-0.39, 0.29) is 12.2 Å². The Labute approximate surface area is 145 Å². The molecule has 0 atom stereocenters. The maximum atomic E-state index is 12.0. The Kier molecular flexibility index (Phi) is 9.97. The number of allylic oxidation sites excluding steroid dienone is 4. The minimum Gasteiger partial charge on any atom is -0.481 e. The predicted octanol–water partition coefficient (Wildman–Crippen LogP) is 4.78. The van der Waals surface area contributed by atoms with Gasteiger partial charge in [-0.05, 0) is 44.1 Å². The van der Waals surface area contributed by atoms with Gasteiger partial charge in [-0.15, -0.1) is 0 Å². The van der Waals surface area contributed by atoms with Gasteiger partial charge in [-0.1, -0.05) is 37.5 Å². The number of carbonyl (C=O) groups excluding carboxylic acids is 2. The first-order valence-electron chi connectivity index (χ1n) is 9.17. The molecule has 0 fully saturated rings. The van der Waals surface area contributed by atoms with Crippen molar-refractivity contribution in [3.8, 4) is 0 Å². The van der Waals surface area contributed by atoms with Gasteiger partial charge in [0.15, 0.2) is 5.78 Å². The molecule has 0 heterocycles. The van der Waals surface area contributed by atoms with Crippen LogP contribution in [0.4, 0.5) is 0 Å². The van der Waals surface area contributed by atoms with Gasteiger partial charge < -0.3 is 5.11 Å². The molecular formula is C20H30O4. The van der Waals surface area contributed by atoms with Crippen molar-refractivity contribution in [2.24, 2.45) is 0 Å². The number of unbranched alkanes of at least 4 members (excludes halogenated alkanes) is 3. The highest BCUT2D eigenvalue weighted by molar-refractivity contribution is 5.99. The number of carboxylic acids is 1. The molecule has 1 N–H and O–H groups in total. The van der Waals surface area contributed by atoms with Crippen LogP contribution in [0, 0.1) is 0 Å². The number of ketones is 2. The predicted molar refractivity (Wildman–Crippen MR) is 94.9 cm³/mol. The molecule has 0 saturated carbocycles. The Bertz CT molecular complexity index is 500. The summed E-state index contributed by atoms with van der Waals surface area (Å²) in [5.41, 5.74) is 2.03. The lowest BCUT2D eigenvalue weighted by Crippen LogP contribution is -2.00.